The summed E-state index contributed by atoms with van der Waals surface area (Å²) in [4.78, 5) is 3.72. The zero-order valence-corrected chi connectivity index (χ0v) is 8.69. The van der Waals surface area contributed by atoms with Crippen LogP contribution in [0.5, 0.6) is 5.75 Å². The molecule has 0 saturated heterocycles. The van der Waals surface area contributed by atoms with Gasteiger partial charge in [-0.2, -0.15) is 8.78 Å². The molecule has 0 aliphatic heterocycles. The Balaban J connectivity index is 2.08. The molecular weight excluding hydrogens is 233 g/mol. The maximum Gasteiger partial charge on any atom is 0.320 e. The molecule has 0 N–H and O–H groups in total. The number of nitrogens with zero attached hydrogens (tertiary/aromatic N) is 2. The van der Waals surface area contributed by atoms with Crippen LogP contribution in [0.1, 0.15) is 12.4 Å². The van der Waals surface area contributed by atoms with Gasteiger partial charge in [0, 0.05) is 12.4 Å². The van der Waals surface area contributed by atoms with E-state index in [4.69, 9.17) is 4.74 Å². The second kappa shape index (κ2) is 4.90. The quantitative estimate of drug-likeness (QED) is 0.824. The molecule has 0 bridgehead atoms. The van der Waals surface area contributed by atoms with E-state index in [9.17, 15) is 13.2 Å². The van der Waals surface area contributed by atoms with Gasteiger partial charge >= 0.3 is 6.55 Å². The molecule has 90 valence electrons. The highest BCUT2D eigenvalue weighted by Gasteiger charge is 2.12. The number of para-hydroxylation sites is 1. The van der Waals surface area contributed by atoms with Gasteiger partial charge < -0.3 is 4.74 Å². The second-order valence-corrected chi connectivity index (χ2v) is 3.25. The van der Waals surface area contributed by atoms with Crippen molar-refractivity contribution in [2.45, 2.75) is 13.2 Å². The van der Waals surface area contributed by atoms with Crippen molar-refractivity contribution in [3.8, 4) is 5.75 Å². The van der Waals surface area contributed by atoms with E-state index in [1.54, 1.807) is 6.07 Å². The molecule has 0 amide bonds. The van der Waals surface area contributed by atoms with Gasteiger partial charge in [0.1, 0.15) is 6.61 Å². The Labute approximate surface area is 95.5 Å². The predicted molar refractivity (Wildman–Crippen MR) is 54.2 cm³/mol. The molecule has 0 spiro atoms. The van der Waals surface area contributed by atoms with Crippen molar-refractivity contribution in [2.75, 3.05) is 0 Å². The number of hydrogen-bond acceptors (Lipinski definition) is 2. The van der Waals surface area contributed by atoms with Crippen molar-refractivity contribution in [3.05, 3.63) is 48.3 Å². The minimum absolute atomic E-state index is 0.0105. The van der Waals surface area contributed by atoms with Crippen molar-refractivity contribution in [1.82, 2.24) is 9.55 Å². The Bertz CT molecular complexity index is 499. The van der Waals surface area contributed by atoms with E-state index in [0.29, 0.717) is 4.57 Å². The topological polar surface area (TPSA) is 27.1 Å². The van der Waals surface area contributed by atoms with Gasteiger partial charge in [0.15, 0.2) is 17.4 Å². The highest BCUT2D eigenvalue weighted by Crippen LogP contribution is 2.18. The van der Waals surface area contributed by atoms with Crippen molar-refractivity contribution in [1.29, 1.82) is 0 Å². The fourth-order valence-corrected chi connectivity index (χ4v) is 1.34. The van der Waals surface area contributed by atoms with Gasteiger partial charge in [0.2, 0.25) is 0 Å². The molecule has 2 rings (SSSR count). The zero-order chi connectivity index (χ0) is 12.3. The van der Waals surface area contributed by atoms with Gasteiger partial charge in [-0.3, -0.25) is 4.57 Å². The molecule has 0 aliphatic rings. The lowest BCUT2D eigenvalue weighted by molar-refractivity contribution is 0.0631. The number of imidazole rings is 1. The highest BCUT2D eigenvalue weighted by molar-refractivity contribution is 5.23. The van der Waals surface area contributed by atoms with Crippen LogP contribution in [0.2, 0.25) is 0 Å². The molecule has 17 heavy (non-hydrogen) atoms. The monoisotopic (exact) mass is 242 g/mol. The number of rotatable bonds is 4. The average molecular weight is 242 g/mol. The highest BCUT2D eigenvalue weighted by atomic mass is 19.3. The van der Waals surface area contributed by atoms with E-state index in [1.165, 1.54) is 24.4 Å². The Morgan fingerprint density at radius 1 is 1.29 bits per heavy atom. The van der Waals surface area contributed by atoms with E-state index in [0.717, 1.165) is 6.20 Å². The molecule has 0 saturated carbocycles. The molecule has 1 heterocycles. The van der Waals surface area contributed by atoms with Crippen LogP contribution in [-0.4, -0.2) is 9.55 Å². The van der Waals surface area contributed by atoms with E-state index >= 15 is 0 Å². The summed E-state index contributed by atoms with van der Waals surface area (Å²) in [5, 5.41) is 0. The molecule has 0 radical (unpaired) electrons. The molecule has 2 aromatic rings. The number of ether oxygens (including phenoxy) is 1. The van der Waals surface area contributed by atoms with E-state index in [-0.39, 0.29) is 18.2 Å². The predicted octanol–water partition coefficient (Wildman–Crippen LogP) is 3.00. The van der Waals surface area contributed by atoms with Crippen LogP contribution in [0.15, 0.2) is 36.7 Å². The molecule has 0 unspecified atom stereocenters. The minimum atomic E-state index is -2.68. The van der Waals surface area contributed by atoms with Gasteiger partial charge in [-0.25, -0.2) is 9.37 Å². The first-order valence-electron chi connectivity index (χ1n) is 4.85. The number of aromatic nitrogens is 2. The van der Waals surface area contributed by atoms with Crippen LogP contribution in [-0.2, 0) is 6.61 Å². The second-order valence-electron chi connectivity index (χ2n) is 3.25. The first-order chi connectivity index (χ1) is 8.18. The van der Waals surface area contributed by atoms with Crippen LogP contribution < -0.4 is 4.74 Å². The standard InChI is InChI=1S/C11H9F3N2O/c12-8-3-1-2-4-9(8)17-7-10-15-5-6-16(10)11(13)14/h1-6,11H,7H2. The lowest BCUT2D eigenvalue weighted by Gasteiger charge is -2.08. The van der Waals surface area contributed by atoms with Crippen molar-refractivity contribution >= 4 is 0 Å². The fraction of sp³-hybridized carbons (Fsp3) is 0.182. The minimum Gasteiger partial charge on any atom is -0.483 e. The molecule has 1 aromatic carbocycles. The molecule has 6 heteroatoms. The first-order valence-corrected chi connectivity index (χ1v) is 4.85. The number of alkyl halides is 2. The summed E-state index contributed by atoms with van der Waals surface area (Å²) in [7, 11) is 0. The SMILES string of the molecule is Fc1ccccc1OCc1nccn1C(F)F. The summed E-state index contributed by atoms with van der Waals surface area (Å²) in [6, 6.07) is 5.76. The van der Waals surface area contributed by atoms with Crippen LogP contribution in [0.4, 0.5) is 13.2 Å². The first kappa shape index (κ1) is 11.5. The zero-order valence-electron chi connectivity index (χ0n) is 8.69. The van der Waals surface area contributed by atoms with Gasteiger partial charge in [-0.15, -0.1) is 0 Å². The van der Waals surface area contributed by atoms with Crippen LogP contribution >= 0.6 is 0 Å². The summed E-state index contributed by atoms with van der Waals surface area (Å²) < 4.78 is 43.8. The maximum absolute atomic E-state index is 13.2. The normalized spacial score (nSPS) is 10.8. The number of benzene rings is 1. The third-order valence-corrected chi connectivity index (χ3v) is 2.15. The summed E-state index contributed by atoms with van der Waals surface area (Å²) >= 11 is 0. The number of halogens is 3. The molecule has 3 nitrogen and oxygen atoms in total. The molecule has 0 atom stereocenters. The Kier molecular flexibility index (Phi) is 3.32. The maximum atomic E-state index is 13.2. The molecule has 0 aliphatic carbocycles. The molecule has 1 aromatic heterocycles. The lowest BCUT2D eigenvalue weighted by Crippen LogP contribution is -2.07. The summed E-state index contributed by atoms with van der Waals surface area (Å²) in [6.45, 7) is -2.89. The summed E-state index contributed by atoms with van der Waals surface area (Å²) in [6.07, 6.45) is 2.39. The largest absolute Gasteiger partial charge is 0.483 e. The Morgan fingerprint density at radius 3 is 2.76 bits per heavy atom. The van der Waals surface area contributed by atoms with Crippen LogP contribution in [0.3, 0.4) is 0 Å². The van der Waals surface area contributed by atoms with E-state index in [2.05, 4.69) is 4.98 Å². The molecule has 0 fully saturated rings. The third kappa shape index (κ3) is 2.58. The van der Waals surface area contributed by atoms with Crippen molar-refractivity contribution in [2.24, 2.45) is 0 Å². The average Bonchev–Trinajstić information content (AvgIpc) is 2.76. The Morgan fingerprint density at radius 2 is 2.06 bits per heavy atom. The summed E-state index contributed by atoms with van der Waals surface area (Å²) in [5.41, 5.74) is 0. The molecular formula is C11H9F3N2O. The Hall–Kier alpha value is -1.98. The van der Waals surface area contributed by atoms with Crippen LogP contribution in [0.25, 0.3) is 0 Å². The summed E-state index contributed by atoms with van der Waals surface area (Å²) in [5.74, 6) is -0.484. The third-order valence-electron chi connectivity index (χ3n) is 2.15. The van der Waals surface area contributed by atoms with E-state index < -0.39 is 12.4 Å². The van der Waals surface area contributed by atoms with Gasteiger partial charge in [0.25, 0.3) is 0 Å². The van der Waals surface area contributed by atoms with Gasteiger partial charge in [-0.1, -0.05) is 12.1 Å². The van der Waals surface area contributed by atoms with Crippen molar-refractivity contribution < 1.29 is 17.9 Å². The lowest BCUT2D eigenvalue weighted by atomic mass is 10.3. The van der Waals surface area contributed by atoms with Gasteiger partial charge in [0.05, 0.1) is 0 Å². The van der Waals surface area contributed by atoms with Crippen molar-refractivity contribution in [3.63, 3.8) is 0 Å². The van der Waals surface area contributed by atoms with Gasteiger partial charge in [-0.05, 0) is 12.1 Å². The fourth-order valence-electron chi connectivity index (χ4n) is 1.34. The smallest absolute Gasteiger partial charge is 0.320 e. The number of hydrogen-bond donors (Lipinski definition) is 0. The van der Waals surface area contributed by atoms with Crippen LogP contribution in [0, 0.1) is 5.82 Å². The van der Waals surface area contributed by atoms with E-state index in [1.807, 2.05) is 0 Å².